The number of nitrogens with one attached hydrogen (secondary N) is 2. The molecule has 0 bridgehead atoms. The summed E-state index contributed by atoms with van der Waals surface area (Å²) in [5, 5.41) is 17.1. The number of anilines is 2. The van der Waals surface area contributed by atoms with Crippen molar-refractivity contribution in [1.29, 1.82) is 10.8 Å². The lowest BCUT2D eigenvalue weighted by Gasteiger charge is -2.33. The van der Waals surface area contributed by atoms with E-state index >= 15 is 0 Å². The molecular weight excluding hydrogens is 405 g/mol. The van der Waals surface area contributed by atoms with Gasteiger partial charge >= 0.3 is 0 Å². The molecule has 7 heteroatoms. The molecule has 2 N–H and O–H groups in total. The summed E-state index contributed by atoms with van der Waals surface area (Å²) in [6, 6.07) is 10.5. The van der Waals surface area contributed by atoms with Gasteiger partial charge in [0.15, 0.2) is 0 Å². The number of aromatic nitrogens is 2. The van der Waals surface area contributed by atoms with Crippen molar-refractivity contribution in [3.8, 4) is 11.8 Å². The van der Waals surface area contributed by atoms with Crippen LogP contribution in [0.25, 0.3) is 10.9 Å². The molecule has 0 unspecified atom stereocenters. The first-order valence-electron chi connectivity index (χ1n) is 10.7. The van der Waals surface area contributed by atoms with E-state index in [0.717, 1.165) is 29.7 Å². The number of benzene rings is 2. The first-order chi connectivity index (χ1) is 15.4. The third-order valence-corrected chi connectivity index (χ3v) is 6.05. The molecule has 32 heavy (non-hydrogen) atoms. The van der Waals surface area contributed by atoms with Crippen LogP contribution in [-0.2, 0) is 11.2 Å². The van der Waals surface area contributed by atoms with Gasteiger partial charge in [0.05, 0.1) is 24.1 Å². The molecule has 2 aliphatic heterocycles. The zero-order valence-corrected chi connectivity index (χ0v) is 18.1. The zero-order valence-electron chi connectivity index (χ0n) is 18.1. The van der Waals surface area contributed by atoms with E-state index in [4.69, 9.17) is 15.6 Å². The zero-order chi connectivity index (χ0) is 22.5. The van der Waals surface area contributed by atoms with Crippen molar-refractivity contribution in [1.82, 2.24) is 9.55 Å². The van der Waals surface area contributed by atoms with E-state index in [0.29, 0.717) is 36.5 Å². The van der Waals surface area contributed by atoms with Gasteiger partial charge in [-0.2, -0.15) is 4.98 Å². The number of hydrogen-bond donors (Lipinski definition) is 2. The third kappa shape index (κ3) is 3.37. The van der Waals surface area contributed by atoms with Gasteiger partial charge in [0.1, 0.15) is 17.5 Å². The smallest absolute Gasteiger partial charge is 0.230 e. The molecule has 1 fully saturated rings. The third-order valence-electron chi connectivity index (χ3n) is 6.05. The Hall–Kier alpha value is -3.50. The molecule has 0 radical (unpaired) electrons. The lowest BCUT2D eigenvalue weighted by atomic mass is 9.88. The summed E-state index contributed by atoms with van der Waals surface area (Å²) in [4.78, 5) is 6.58. The van der Waals surface area contributed by atoms with Crippen LogP contribution in [0.3, 0.4) is 0 Å². The SMILES string of the molecule is CC(=N)n1c(=N)nc(N2CCCc3c(C#CC4(C)COC4)cccc32)c2cc(F)ccc21. The quantitative estimate of drug-likeness (QED) is 0.349. The maximum atomic E-state index is 14.2. The molecule has 0 atom stereocenters. The van der Waals surface area contributed by atoms with Gasteiger partial charge in [0, 0.05) is 23.2 Å². The number of ether oxygens (including phenoxy) is 1. The topological polar surface area (TPSA) is 78.0 Å². The normalized spacial score (nSPS) is 16.7. The van der Waals surface area contributed by atoms with Crippen LogP contribution >= 0.6 is 0 Å². The van der Waals surface area contributed by atoms with Crippen molar-refractivity contribution in [3.05, 3.63) is 59.0 Å². The van der Waals surface area contributed by atoms with Crippen LogP contribution in [0.4, 0.5) is 15.9 Å². The average Bonchev–Trinajstić information content (AvgIpc) is 2.75. The lowest BCUT2D eigenvalue weighted by molar-refractivity contribution is -0.0648. The second-order valence-electron chi connectivity index (χ2n) is 8.70. The molecule has 0 spiro atoms. The van der Waals surface area contributed by atoms with Gasteiger partial charge in [-0.25, -0.2) is 4.39 Å². The van der Waals surface area contributed by atoms with E-state index in [2.05, 4.69) is 28.6 Å². The van der Waals surface area contributed by atoms with Crippen LogP contribution in [0.15, 0.2) is 36.4 Å². The summed E-state index contributed by atoms with van der Waals surface area (Å²) in [5.74, 6) is 7.05. The fraction of sp³-hybridized carbons (Fsp3) is 0.320. The van der Waals surface area contributed by atoms with Crippen molar-refractivity contribution in [3.63, 3.8) is 0 Å². The van der Waals surface area contributed by atoms with Crippen molar-refractivity contribution < 1.29 is 9.13 Å². The van der Waals surface area contributed by atoms with E-state index in [1.165, 1.54) is 16.7 Å². The minimum Gasteiger partial charge on any atom is -0.378 e. The van der Waals surface area contributed by atoms with Crippen molar-refractivity contribution in [2.75, 3.05) is 24.7 Å². The highest BCUT2D eigenvalue weighted by Gasteiger charge is 2.31. The standard InChI is InChI=1S/C25H24FN5O/c1-16(27)31-22-9-8-18(26)13-20(22)23(29-24(31)28)30-12-4-6-19-17(5-3-7-21(19)30)10-11-25(2)14-32-15-25/h3,5,7-9,13,27-28H,4,6,12,14-15H2,1-2H3. The number of fused-ring (bicyclic) bond motifs is 2. The number of nitrogens with zero attached hydrogens (tertiary/aromatic N) is 3. The highest BCUT2D eigenvalue weighted by atomic mass is 19.1. The lowest BCUT2D eigenvalue weighted by Crippen LogP contribution is -2.38. The molecule has 2 aromatic carbocycles. The summed E-state index contributed by atoms with van der Waals surface area (Å²) < 4.78 is 21.0. The molecule has 5 rings (SSSR count). The van der Waals surface area contributed by atoms with Crippen LogP contribution in [0.2, 0.25) is 0 Å². The van der Waals surface area contributed by atoms with E-state index in [1.54, 1.807) is 13.0 Å². The Morgan fingerprint density at radius 3 is 2.78 bits per heavy atom. The Bertz CT molecular complexity index is 1380. The Kier molecular flexibility index (Phi) is 4.83. The maximum Gasteiger partial charge on any atom is 0.230 e. The highest BCUT2D eigenvalue weighted by Crippen LogP contribution is 2.37. The maximum absolute atomic E-state index is 14.2. The van der Waals surface area contributed by atoms with Crippen molar-refractivity contribution in [2.24, 2.45) is 5.41 Å². The van der Waals surface area contributed by atoms with Gasteiger partial charge in [0.2, 0.25) is 5.62 Å². The van der Waals surface area contributed by atoms with Crippen LogP contribution in [0, 0.1) is 33.9 Å². The van der Waals surface area contributed by atoms with Gasteiger partial charge < -0.3 is 9.64 Å². The number of halogens is 1. The van der Waals surface area contributed by atoms with E-state index in [-0.39, 0.29) is 22.7 Å². The second kappa shape index (κ2) is 7.57. The highest BCUT2D eigenvalue weighted by molar-refractivity contribution is 5.97. The predicted molar refractivity (Wildman–Crippen MR) is 122 cm³/mol. The summed E-state index contributed by atoms with van der Waals surface area (Å²) in [6.07, 6.45) is 1.80. The predicted octanol–water partition coefficient (Wildman–Crippen LogP) is 3.97. The van der Waals surface area contributed by atoms with Crippen LogP contribution in [-0.4, -0.2) is 35.1 Å². The fourth-order valence-corrected chi connectivity index (χ4v) is 4.41. The summed E-state index contributed by atoms with van der Waals surface area (Å²) in [7, 11) is 0. The first-order valence-corrected chi connectivity index (χ1v) is 10.7. The Morgan fingerprint density at radius 2 is 2.06 bits per heavy atom. The van der Waals surface area contributed by atoms with E-state index in [9.17, 15) is 4.39 Å². The van der Waals surface area contributed by atoms with Gasteiger partial charge in [0.25, 0.3) is 0 Å². The van der Waals surface area contributed by atoms with Gasteiger partial charge in [-0.15, -0.1) is 0 Å². The molecule has 3 aromatic rings. The fourth-order valence-electron chi connectivity index (χ4n) is 4.41. The van der Waals surface area contributed by atoms with Crippen molar-refractivity contribution >= 4 is 28.2 Å². The molecule has 0 aliphatic carbocycles. The minimum atomic E-state index is -0.375. The van der Waals surface area contributed by atoms with Crippen LogP contribution in [0.5, 0.6) is 0 Å². The summed E-state index contributed by atoms with van der Waals surface area (Å²) >= 11 is 0. The molecular formula is C25H24FN5O. The monoisotopic (exact) mass is 429 g/mol. The minimum absolute atomic E-state index is 0.0485. The Balaban J connectivity index is 1.68. The van der Waals surface area contributed by atoms with Gasteiger partial charge in [-0.05, 0) is 62.6 Å². The molecule has 2 aliphatic rings. The number of rotatable bonds is 1. The number of hydrogen-bond acceptors (Lipinski definition) is 5. The van der Waals surface area contributed by atoms with Gasteiger partial charge in [-0.3, -0.25) is 15.4 Å². The first kappa shape index (κ1) is 20.4. The Labute approximate surface area is 185 Å². The van der Waals surface area contributed by atoms with Crippen LogP contribution in [0.1, 0.15) is 31.4 Å². The molecule has 0 amide bonds. The molecule has 1 saturated heterocycles. The van der Waals surface area contributed by atoms with Gasteiger partial charge in [-0.1, -0.05) is 17.9 Å². The Morgan fingerprint density at radius 1 is 1.25 bits per heavy atom. The van der Waals surface area contributed by atoms with E-state index < -0.39 is 0 Å². The molecule has 1 aromatic heterocycles. The molecule has 0 saturated carbocycles. The largest absolute Gasteiger partial charge is 0.378 e. The summed E-state index contributed by atoms with van der Waals surface area (Å²) in [5.41, 5.74) is 3.57. The molecule has 162 valence electrons. The van der Waals surface area contributed by atoms with Crippen LogP contribution < -0.4 is 10.5 Å². The van der Waals surface area contributed by atoms with Crippen molar-refractivity contribution in [2.45, 2.75) is 26.7 Å². The molecule has 3 heterocycles. The van der Waals surface area contributed by atoms with E-state index in [1.807, 2.05) is 18.2 Å². The second-order valence-corrected chi connectivity index (χ2v) is 8.70. The molecule has 6 nitrogen and oxygen atoms in total. The average molecular weight is 429 g/mol. The summed E-state index contributed by atoms with van der Waals surface area (Å²) in [6.45, 7) is 5.73.